The van der Waals surface area contributed by atoms with Crippen LogP contribution in [0.3, 0.4) is 0 Å². The van der Waals surface area contributed by atoms with Gasteiger partial charge in [-0.1, -0.05) is 6.92 Å². The third-order valence-electron chi connectivity index (χ3n) is 2.83. The van der Waals surface area contributed by atoms with Gasteiger partial charge in [0.1, 0.15) is 0 Å². The van der Waals surface area contributed by atoms with Crippen molar-refractivity contribution >= 4 is 33.0 Å². The lowest BCUT2D eigenvalue weighted by Gasteiger charge is -2.01. The Morgan fingerprint density at radius 2 is 2.28 bits per heavy atom. The molecular formula is C12H14BrN3OS. The molecule has 0 N–H and O–H groups in total. The second-order valence-corrected chi connectivity index (χ2v) is 5.70. The fourth-order valence-electron chi connectivity index (χ4n) is 1.81. The lowest BCUT2D eigenvalue weighted by atomic mass is 10.1. The van der Waals surface area contributed by atoms with Crippen LogP contribution in [0.25, 0.3) is 0 Å². The van der Waals surface area contributed by atoms with E-state index >= 15 is 0 Å². The van der Waals surface area contributed by atoms with Crippen LogP contribution in [-0.4, -0.2) is 20.5 Å². The zero-order valence-electron chi connectivity index (χ0n) is 10.5. The van der Waals surface area contributed by atoms with Gasteiger partial charge in [-0.05, 0) is 29.3 Å². The molecule has 6 heteroatoms. The first kappa shape index (κ1) is 13.4. The Hall–Kier alpha value is -1.01. The average molecular weight is 328 g/mol. The van der Waals surface area contributed by atoms with E-state index < -0.39 is 0 Å². The van der Waals surface area contributed by atoms with Crippen molar-refractivity contribution in [3.05, 3.63) is 31.9 Å². The Kier molecular flexibility index (Phi) is 3.97. The Morgan fingerprint density at radius 1 is 1.56 bits per heavy atom. The number of carbonyl (C=O) groups excluding carboxylic acids is 1. The molecule has 0 saturated carbocycles. The van der Waals surface area contributed by atoms with E-state index in [0.29, 0.717) is 6.42 Å². The van der Waals surface area contributed by atoms with Crippen LogP contribution in [-0.2, 0) is 19.9 Å². The number of halogens is 1. The maximum absolute atomic E-state index is 12.2. The van der Waals surface area contributed by atoms with Crippen molar-refractivity contribution in [1.29, 1.82) is 0 Å². The predicted molar refractivity (Wildman–Crippen MR) is 75.2 cm³/mol. The summed E-state index contributed by atoms with van der Waals surface area (Å²) in [5, 5.41) is 4.39. The third kappa shape index (κ3) is 2.40. The molecule has 2 aromatic rings. The maximum Gasteiger partial charge on any atom is 0.180 e. The van der Waals surface area contributed by atoms with Gasteiger partial charge in [-0.15, -0.1) is 11.3 Å². The molecule has 4 nitrogen and oxygen atoms in total. The summed E-state index contributed by atoms with van der Waals surface area (Å²) in [7, 11) is 1.87. The van der Waals surface area contributed by atoms with Gasteiger partial charge in [0.2, 0.25) is 0 Å². The Morgan fingerprint density at radius 3 is 2.78 bits per heavy atom. The first-order chi connectivity index (χ1) is 8.54. The predicted octanol–water partition coefficient (Wildman–Crippen LogP) is 2.94. The molecule has 0 aliphatic carbocycles. The highest BCUT2D eigenvalue weighted by atomic mass is 79.9. The molecule has 0 aromatic carbocycles. The van der Waals surface area contributed by atoms with E-state index in [1.165, 1.54) is 11.3 Å². The van der Waals surface area contributed by atoms with Gasteiger partial charge >= 0.3 is 0 Å². The minimum Gasteiger partial charge on any atom is -0.293 e. The fraction of sp³-hybridized carbons (Fsp3) is 0.417. The topological polar surface area (TPSA) is 47.8 Å². The van der Waals surface area contributed by atoms with Gasteiger partial charge in [-0.3, -0.25) is 9.48 Å². The highest BCUT2D eigenvalue weighted by Gasteiger charge is 2.18. The number of nitrogens with zero attached hydrogens (tertiary/aromatic N) is 3. The van der Waals surface area contributed by atoms with Crippen molar-refractivity contribution in [2.75, 3.05) is 0 Å². The smallest absolute Gasteiger partial charge is 0.180 e. The van der Waals surface area contributed by atoms with Crippen molar-refractivity contribution in [1.82, 2.24) is 14.8 Å². The molecule has 2 heterocycles. The zero-order chi connectivity index (χ0) is 13.3. The van der Waals surface area contributed by atoms with Gasteiger partial charge in [-0.25, -0.2) is 4.98 Å². The van der Waals surface area contributed by atoms with Crippen molar-refractivity contribution in [2.45, 2.75) is 26.7 Å². The Labute approximate surface area is 118 Å². The Balaban J connectivity index is 2.27. The van der Waals surface area contributed by atoms with Crippen molar-refractivity contribution in [2.24, 2.45) is 7.05 Å². The monoisotopic (exact) mass is 327 g/mol. The van der Waals surface area contributed by atoms with Crippen LogP contribution in [0.15, 0.2) is 9.98 Å². The van der Waals surface area contributed by atoms with Gasteiger partial charge in [0.15, 0.2) is 5.78 Å². The van der Waals surface area contributed by atoms with Crippen LogP contribution in [0.5, 0.6) is 0 Å². The molecule has 0 radical (unpaired) electrons. The van der Waals surface area contributed by atoms with E-state index in [1.807, 2.05) is 20.9 Å². The van der Waals surface area contributed by atoms with E-state index in [2.05, 4.69) is 26.0 Å². The van der Waals surface area contributed by atoms with Gasteiger partial charge in [0.05, 0.1) is 38.4 Å². The van der Waals surface area contributed by atoms with Crippen molar-refractivity contribution in [3.63, 3.8) is 0 Å². The minimum absolute atomic E-state index is 0.0985. The van der Waals surface area contributed by atoms with Gasteiger partial charge in [0.25, 0.3) is 0 Å². The van der Waals surface area contributed by atoms with Crippen LogP contribution in [0.2, 0.25) is 0 Å². The van der Waals surface area contributed by atoms with Crippen LogP contribution in [0.4, 0.5) is 0 Å². The zero-order valence-corrected chi connectivity index (χ0v) is 12.9. The van der Waals surface area contributed by atoms with Crippen LogP contribution in [0, 0.1) is 6.92 Å². The molecule has 0 aliphatic rings. The second kappa shape index (κ2) is 5.32. The summed E-state index contributed by atoms with van der Waals surface area (Å²) in [6, 6.07) is 0. The maximum atomic E-state index is 12.2. The number of aromatic nitrogens is 3. The third-order valence-corrected chi connectivity index (χ3v) is 4.71. The summed E-state index contributed by atoms with van der Waals surface area (Å²) in [5.41, 5.74) is 4.42. The summed E-state index contributed by atoms with van der Waals surface area (Å²) in [5.74, 6) is 0.0985. The van der Waals surface area contributed by atoms with Crippen LogP contribution < -0.4 is 0 Å². The molecule has 0 atom stereocenters. The summed E-state index contributed by atoms with van der Waals surface area (Å²) >= 11 is 4.92. The molecular weight excluding hydrogens is 314 g/mol. The van der Waals surface area contributed by atoms with E-state index in [-0.39, 0.29) is 5.78 Å². The van der Waals surface area contributed by atoms with E-state index in [9.17, 15) is 4.79 Å². The molecule has 2 aromatic heterocycles. The number of thiazole rings is 1. The molecule has 0 saturated heterocycles. The second-order valence-electron chi connectivity index (χ2n) is 4.05. The van der Waals surface area contributed by atoms with Crippen LogP contribution >= 0.6 is 27.3 Å². The molecule has 0 aliphatic heterocycles. The summed E-state index contributed by atoms with van der Waals surface area (Å²) < 4.78 is 2.72. The molecule has 18 heavy (non-hydrogen) atoms. The molecule has 0 spiro atoms. The highest BCUT2D eigenvalue weighted by molar-refractivity contribution is 9.10. The number of Topliss-reactive ketones (excluding diaryl/α,β-unsaturated/α-hetero) is 1. The van der Waals surface area contributed by atoms with Crippen molar-refractivity contribution < 1.29 is 4.79 Å². The number of ketones is 1. The minimum atomic E-state index is 0.0985. The first-order valence-electron chi connectivity index (χ1n) is 5.68. The molecule has 0 bridgehead atoms. The molecule has 0 unspecified atom stereocenters. The molecule has 96 valence electrons. The first-order valence-corrected chi connectivity index (χ1v) is 7.35. The Bertz CT molecular complexity index is 588. The van der Waals surface area contributed by atoms with Gasteiger partial charge < -0.3 is 0 Å². The number of aryl methyl sites for hydroxylation is 3. The number of carbonyl (C=O) groups is 1. The van der Waals surface area contributed by atoms with Crippen LogP contribution in [0.1, 0.15) is 33.7 Å². The van der Waals surface area contributed by atoms with Gasteiger partial charge in [-0.2, -0.15) is 5.10 Å². The van der Waals surface area contributed by atoms with E-state index in [0.717, 1.165) is 32.9 Å². The highest BCUT2D eigenvalue weighted by Crippen LogP contribution is 2.24. The molecule has 2 rings (SSSR count). The quantitative estimate of drug-likeness (QED) is 0.811. The SMILES string of the molecule is CCc1nn(C)c(CC(=O)c2scnc2C)c1Br. The van der Waals surface area contributed by atoms with E-state index in [1.54, 1.807) is 10.2 Å². The van der Waals surface area contributed by atoms with Gasteiger partial charge in [0, 0.05) is 7.05 Å². The lowest BCUT2D eigenvalue weighted by molar-refractivity contribution is 0.0993. The number of hydrogen-bond acceptors (Lipinski definition) is 4. The normalized spacial score (nSPS) is 10.9. The van der Waals surface area contributed by atoms with E-state index in [4.69, 9.17) is 0 Å². The number of rotatable bonds is 4. The number of hydrogen-bond donors (Lipinski definition) is 0. The fourth-order valence-corrected chi connectivity index (χ4v) is 3.31. The van der Waals surface area contributed by atoms with Crippen molar-refractivity contribution in [3.8, 4) is 0 Å². The summed E-state index contributed by atoms with van der Waals surface area (Å²) in [6.07, 6.45) is 1.20. The standard InChI is InChI=1S/C12H14BrN3OS/c1-4-8-11(13)9(16(3)15-8)5-10(17)12-7(2)14-6-18-12/h6H,4-5H2,1-3H3. The summed E-state index contributed by atoms with van der Waals surface area (Å²) in [6.45, 7) is 3.91. The largest absolute Gasteiger partial charge is 0.293 e. The molecule has 0 fully saturated rings. The molecule has 0 amide bonds. The average Bonchev–Trinajstić information content (AvgIpc) is 2.87. The lowest BCUT2D eigenvalue weighted by Crippen LogP contribution is -2.08. The summed E-state index contributed by atoms with van der Waals surface area (Å²) in [4.78, 5) is 17.1.